The number of carbonyl (C=O) groups is 3. The zero-order valence-corrected chi connectivity index (χ0v) is 17.4. The number of hydrogen-bond acceptors (Lipinski definition) is 5. The molecule has 0 radical (unpaired) electrons. The second-order valence-electron chi connectivity index (χ2n) is 5.96. The fourth-order valence-electron chi connectivity index (χ4n) is 2.78. The Morgan fingerprint density at radius 3 is 2.12 bits per heavy atom. The van der Waals surface area contributed by atoms with Crippen LogP contribution in [0.4, 0.5) is 5.00 Å². The van der Waals surface area contributed by atoms with Crippen LogP contribution in [0.25, 0.3) is 0 Å². The number of anilines is 1. The molecule has 2 amide bonds. The molecule has 6 nitrogen and oxygen atoms in total. The summed E-state index contributed by atoms with van der Waals surface area (Å²) in [6.45, 7) is 12.6. The van der Waals surface area contributed by atoms with Gasteiger partial charge in [0.05, 0.1) is 17.0 Å². The van der Waals surface area contributed by atoms with E-state index < -0.39 is 5.97 Å². The first-order chi connectivity index (χ1) is 12.4. The molecule has 0 spiro atoms. The van der Waals surface area contributed by atoms with Crippen LogP contribution in [-0.4, -0.2) is 42.4 Å². The smallest absolute Gasteiger partial charge is 0.341 e. The van der Waals surface area contributed by atoms with Crippen LogP contribution in [0.3, 0.4) is 0 Å². The van der Waals surface area contributed by atoms with E-state index >= 15 is 0 Å². The molecule has 1 aromatic heterocycles. The van der Waals surface area contributed by atoms with Gasteiger partial charge in [-0.3, -0.25) is 9.59 Å². The van der Waals surface area contributed by atoms with Crippen molar-refractivity contribution in [3.05, 3.63) is 16.0 Å². The lowest BCUT2D eigenvalue weighted by atomic mass is 10.0. The Morgan fingerprint density at radius 2 is 1.65 bits per heavy atom. The third kappa shape index (κ3) is 4.84. The van der Waals surface area contributed by atoms with Gasteiger partial charge in [-0.25, -0.2) is 4.79 Å². The molecule has 1 N–H and O–H groups in total. The number of ether oxygens (including phenoxy) is 1. The van der Waals surface area contributed by atoms with Crippen LogP contribution >= 0.6 is 11.3 Å². The lowest BCUT2D eigenvalue weighted by molar-refractivity contribution is -0.120. The molecule has 1 heterocycles. The van der Waals surface area contributed by atoms with E-state index in [0.717, 1.165) is 11.3 Å². The van der Waals surface area contributed by atoms with Crippen molar-refractivity contribution < 1.29 is 19.1 Å². The topological polar surface area (TPSA) is 75.7 Å². The van der Waals surface area contributed by atoms with Gasteiger partial charge in [0.15, 0.2) is 0 Å². The van der Waals surface area contributed by atoms with Gasteiger partial charge >= 0.3 is 5.97 Å². The number of amides is 2. The van der Waals surface area contributed by atoms with E-state index in [1.165, 1.54) is 0 Å². The average molecular weight is 383 g/mol. The molecule has 0 saturated heterocycles. The summed E-state index contributed by atoms with van der Waals surface area (Å²) in [6.07, 6.45) is 1.43. The molecule has 1 rings (SSSR count). The summed E-state index contributed by atoms with van der Waals surface area (Å²) >= 11 is 1.15. The zero-order chi connectivity index (χ0) is 19.9. The lowest BCUT2D eigenvalue weighted by Gasteiger charge is -2.18. The van der Waals surface area contributed by atoms with Gasteiger partial charge in [0, 0.05) is 19.0 Å². The van der Waals surface area contributed by atoms with Crippen LogP contribution in [0.2, 0.25) is 0 Å². The van der Waals surface area contributed by atoms with Gasteiger partial charge < -0.3 is 15.0 Å². The molecule has 0 fully saturated rings. The SMILES string of the molecule is CCOC(=O)c1c(NC(=O)C(CC)CC)sc(C(=O)N(CC)CC)c1C. The first-order valence-corrected chi connectivity index (χ1v) is 10.1. The highest BCUT2D eigenvalue weighted by Crippen LogP contribution is 2.35. The molecule has 0 aromatic carbocycles. The highest BCUT2D eigenvalue weighted by molar-refractivity contribution is 7.18. The minimum absolute atomic E-state index is 0.130. The summed E-state index contributed by atoms with van der Waals surface area (Å²) in [7, 11) is 0. The fourth-order valence-corrected chi connectivity index (χ4v) is 3.95. The summed E-state index contributed by atoms with van der Waals surface area (Å²) in [6, 6.07) is 0. The Balaban J connectivity index is 3.34. The summed E-state index contributed by atoms with van der Waals surface area (Å²) in [5, 5.41) is 3.25. The number of rotatable bonds is 9. The largest absolute Gasteiger partial charge is 0.462 e. The van der Waals surface area contributed by atoms with E-state index in [4.69, 9.17) is 4.74 Å². The van der Waals surface area contributed by atoms with Gasteiger partial charge in [-0.05, 0) is 46.1 Å². The van der Waals surface area contributed by atoms with Crippen LogP contribution < -0.4 is 5.32 Å². The van der Waals surface area contributed by atoms with E-state index in [1.54, 1.807) is 18.7 Å². The van der Waals surface area contributed by atoms with Crippen LogP contribution in [-0.2, 0) is 9.53 Å². The van der Waals surface area contributed by atoms with Gasteiger partial charge in [0.25, 0.3) is 5.91 Å². The Bertz CT molecular complexity index is 646. The van der Waals surface area contributed by atoms with Crippen LogP contribution in [0.15, 0.2) is 0 Å². The maximum Gasteiger partial charge on any atom is 0.341 e. The van der Waals surface area contributed by atoms with Crippen molar-refractivity contribution in [1.29, 1.82) is 0 Å². The summed E-state index contributed by atoms with van der Waals surface area (Å²) in [5.41, 5.74) is 0.844. The van der Waals surface area contributed by atoms with E-state index in [1.807, 2.05) is 27.7 Å². The number of thiophene rings is 1. The molecule has 0 atom stereocenters. The molecule has 0 aliphatic heterocycles. The van der Waals surface area contributed by atoms with Crippen molar-refractivity contribution in [3.63, 3.8) is 0 Å². The number of nitrogens with zero attached hydrogens (tertiary/aromatic N) is 1. The Kier molecular flexibility index (Phi) is 8.78. The second-order valence-corrected chi connectivity index (χ2v) is 6.98. The van der Waals surface area contributed by atoms with Crippen molar-refractivity contribution in [2.45, 2.75) is 54.4 Å². The maximum atomic E-state index is 12.8. The van der Waals surface area contributed by atoms with E-state index in [2.05, 4.69) is 5.32 Å². The highest BCUT2D eigenvalue weighted by Gasteiger charge is 2.29. The third-order valence-electron chi connectivity index (χ3n) is 4.46. The molecule has 0 unspecified atom stereocenters. The normalized spacial score (nSPS) is 10.7. The minimum Gasteiger partial charge on any atom is -0.462 e. The first-order valence-electron chi connectivity index (χ1n) is 9.26. The highest BCUT2D eigenvalue weighted by atomic mass is 32.1. The molecule has 1 aromatic rings. The summed E-state index contributed by atoms with van der Waals surface area (Å²) in [5.74, 6) is -0.913. The summed E-state index contributed by atoms with van der Waals surface area (Å²) < 4.78 is 5.14. The van der Waals surface area contributed by atoms with Crippen molar-refractivity contribution >= 4 is 34.1 Å². The fraction of sp³-hybridized carbons (Fsp3) is 0.632. The average Bonchev–Trinajstić information content (AvgIpc) is 2.93. The van der Waals surface area contributed by atoms with Crippen LogP contribution in [0.1, 0.15) is 73.1 Å². The van der Waals surface area contributed by atoms with Crippen molar-refractivity contribution in [2.75, 3.05) is 25.0 Å². The monoisotopic (exact) mass is 382 g/mol. The lowest BCUT2D eigenvalue weighted by Crippen LogP contribution is -2.30. The number of carbonyl (C=O) groups excluding carboxylic acids is 3. The van der Waals surface area contributed by atoms with E-state index in [0.29, 0.717) is 41.4 Å². The Hall–Kier alpha value is -1.89. The minimum atomic E-state index is -0.514. The maximum absolute atomic E-state index is 12.8. The number of esters is 1. The molecular formula is C19H30N2O4S. The van der Waals surface area contributed by atoms with Gasteiger partial charge in [-0.15, -0.1) is 11.3 Å². The molecule has 146 valence electrons. The van der Waals surface area contributed by atoms with Gasteiger partial charge in [-0.1, -0.05) is 13.8 Å². The van der Waals surface area contributed by atoms with Crippen LogP contribution in [0, 0.1) is 12.8 Å². The van der Waals surface area contributed by atoms with Crippen molar-refractivity contribution in [3.8, 4) is 0 Å². The predicted molar refractivity (Wildman–Crippen MR) is 105 cm³/mol. The molecule has 7 heteroatoms. The van der Waals surface area contributed by atoms with E-state index in [-0.39, 0.29) is 29.9 Å². The molecule has 0 bridgehead atoms. The van der Waals surface area contributed by atoms with E-state index in [9.17, 15) is 14.4 Å². The molecule has 0 saturated carbocycles. The number of nitrogens with one attached hydrogen (secondary N) is 1. The Labute approximate surface area is 159 Å². The molecular weight excluding hydrogens is 352 g/mol. The Morgan fingerprint density at radius 1 is 1.08 bits per heavy atom. The van der Waals surface area contributed by atoms with Crippen molar-refractivity contribution in [1.82, 2.24) is 4.90 Å². The first kappa shape index (κ1) is 22.2. The van der Waals surface area contributed by atoms with Crippen LogP contribution in [0.5, 0.6) is 0 Å². The molecule has 0 aliphatic carbocycles. The molecule has 26 heavy (non-hydrogen) atoms. The predicted octanol–water partition coefficient (Wildman–Crippen LogP) is 4.09. The van der Waals surface area contributed by atoms with Gasteiger partial charge in [0.2, 0.25) is 5.91 Å². The summed E-state index contributed by atoms with van der Waals surface area (Å²) in [4.78, 5) is 39.9. The standard InChI is InChI=1S/C19H30N2O4S/c1-7-13(8-2)16(22)20-17-14(19(24)25-11-5)12(6)15(26-17)18(23)21(9-3)10-4/h13H,7-11H2,1-6H3,(H,20,22). The molecule has 0 aliphatic rings. The number of hydrogen-bond donors (Lipinski definition) is 1. The van der Waals surface area contributed by atoms with Crippen molar-refractivity contribution in [2.24, 2.45) is 5.92 Å². The quantitative estimate of drug-likeness (QED) is 0.653. The zero-order valence-electron chi connectivity index (χ0n) is 16.6. The van der Waals surface area contributed by atoms with Gasteiger partial charge in [-0.2, -0.15) is 0 Å². The third-order valence-corrected chi connectivity index (χ3v) is 5.66. The van der Waals surface area contributed by atoms with Gasteiger partial charge in [0.1, 0.15) is 5.00 Å². The second kappa shape index (κ2) is 10.3.